The largest absolute Gasteiger partial charge is 0.324 e. The van der Waals surface area contributed by atoms with Gasteiger partial charge in [0.05, 0.1) is 6.20 Å². The van der Waals surface area contributed by atoms with Crippen LogP contribution in [-0.2, 0) is 0 Å². The van der Waals surface area contributed by atoms with E-state index in [1.54, 1.807) is 6.07 Å². The zero-order chi connectivity index (χ0) is 11.4. The van der Waals surface area contributed by atoms with Crippen molar-refractivity contribution in [2.45, 2.75) is 0 Å². The molecule has 5 nitrogen and oxygen atoms in total. The minimum atomic E-state index is -0.461. The van der Waals surface area contributed by atoms with E-state index in [0.29, 0.717) is 10.7 Å². The first-order valence-electron chi connectivity index (χ1n) is 4.35. The Morgan fingerprint density at radius 1 is 1.38 bits per heavy atom. The highest BCUT2D eigenvalue weighted by Crippen LogP contribution is 2.12. The van der Waals surface area contributed by atoms with Crippen LogP contribution in [-0.4, -0.2) is 15.6 Å². The van der Waals surface area contributed by atoms with Gasteiger partial charge in [0.2, 0.25) is 0 Å². The lowest BCUT2D eigenvalue weighted by Gasteiger charge is -2.04. The molecule has 2 N–H and O–H groups in total. The average Bonchev–Trinajstić information content (AvgIpc) is 2.70. The van der Waals surface area contributed by atoms with Crippen molar-refractivity contribution in [3.63, 3.8) is 0 Å². The minimum absolute atomic E-state index is 0.384. The van der Waals surface area contributed by atoms with Crippen LogP contribution in [0.1, 0.15) is 0 Å². The molecule has 2 aromatic rings. The van der Waals surface area contributed by atoms with E-state index >= 15 is 0 Å². The number of carbonyl (C=O) groups is 1. The molecule has 2 amide bonds. The summed E-state index contributed by atoms with van der Waals surface area (Å²) in [5, 5.41) is 9.08. The maximum atomic E-state index is 12.8. The van der Waals surface area contributed by atoms with Gasteiger partial charge >= 0.3 is 6.03 Å². The number of anilines is 2. The normalized spacial score (nSPS) is 9.81. The number of rotatable bonds is 2. The minimum Gasteiger partial charge on any atom is -0.308 e. The molecular weight excluding hydrogens is 231 g/mol. The molecule has 7 heteroatoms. The number of halogens is 1. The highest BCUT2D eigenvalue weighted by atomic mass is 32.1. The zero-order valence-electron chi connectivity index (χ0n) is 7.98. The first kappa shape index (κ1) is 10.5. The summed E-state index contributed by atoms with van der Waals surface area (Å²) < 4.78 is 16.4. The van der Waals surface area contributed by atoms with Crippen LogP contribution >= 0.6 is 11.5 Å². The first-order chi connectivity index (χ1) is 7.74. The summed E-state index contributed by atoms with van der Waals surface area (Å²) in [4.78, 5) is 11.4. The molecule has 0 aliphatic carbocycles. The molecule has 0 saturated heterocycles. The highest BCUT2D eigenvalue weighted by molar-refractivity contribution is 7.10. The summed E-state index contributed by atoms with van der Waals surface area (Å²) in [6.45, 7) is 0. The predicted molar refractivity (Wildman–Crippen MR) is 59.0 cm³/mol. The van der Waals surface area contributed by atoms with Crippen LogP contribution in [0.3, 0.4) is 0 Å². The van der Waals surface area contributed by atoms with Gasteiger partial charge in [-0.2, -0.15) is 0 Å². The monoisotopic (exact) mass is 238 g/mol. The summed E-state index contributed by atoms with van der Waals surface area (Å²) in [6, 6.07) is 5.17. The second-order valence-corrected chi connectivity index (χ2v) is 3.66. The lowest BCUT2D eigenvalue weighted by Crippen LogP contribution is -2.18. The van der Waals surface area contributed by atoms with Crippen LogP contribution < -0.4 is 10.6 Å². The number of benzene rings is 1. The molecule has 16 heavy (non-hydrogen) atoms. The molecule has 0 spiro atoms. The maximum Gasteiger partial charge on any atom is 0.324 e. The van der Waals surface area contributed by atoms with E-state index in [4.69, 9.17) is 0 Å². The summed E-state index contributed by atoms with van der Waals surface area (Å²) >= 11 is 1.06. The third-order valence-electron chi connectivity index (χ3n) is 1.68. The Balaban J connectivity index is 1.97. The second-order valence-electron chi connectivity index (χ2n) is 2.87. The number of hydrogen-bond donors (Lipinski definition) is 2. The fraction of sp³-hybridized carbons (Fsp3) is 0. The molecule has 0 saturated carbocycles. The van der Waals surface area contributed by atoms with Crippen molar-refractivity contribution < 1.29 is 9.18 Å². The number of aromatic nitrogens is 2. The molecule has 0 bridgehead atoms. The van der Waals surface area contributed by atoms with E-state index in [-0.39, 0.29) is 0 Å². The van der Waals surface area contributed by atoms with Crippen molar-refractivity contribution in [2.75, 3.05) is 10.6 Å². The summed E-state index contributed by atoms with van der Waals surface area (Å²) in [6.07, 6.45) is 1.43. The van der Waals surface area contributed by atoms with Crippen LogP contribution in [0.15, 0.2) is 30.5 Å². The van der Waals surface area contributed by atoms with E-state index in [1.807, 2.05) is 0 Å². The first-order valence-corrected chi connectivity index (χ1v) is 5.12. The van der Waals surface area contributed by atoms with Crippen molar-refractivity contribution in [1.29, 1.82) is 0 Å². The maximum absolute atomic E-state index is 12.8. The van der Waals surface area contributed by atoms with Crippen LogP contribution in [0.5, 0.6) is 0 Å². The number of nitrogens with zero attached hydrogens (tertiary/aromatic N) is 2. The smallest absolute Gasteiger partial charge is 0.308 e. The number of urea groups is 1. The third kappa shape index (κ3) is 2.74. The quantitative estimate of drug-likeness (QED) is 0.843. The Kier molecular flexibility index (Phi) is 3.06. The Bertz CT molecular complexity index is 488. The molecule has 82 valence electrons. The van der Waals surface area contributed by atoms with Crippen molar-refractivity contribution in [2.24, 2.45) is 0 Å². The van der Waals surface area contributed by atoms with Crippen molar-refractivity contribution in [3.8, 4) is 0 Å². The van der Waals surface area contributed by atoms with Gasteiger partial charge in [0.1, 0.15) is 10.8 Å². The van der Waals surface area contributed by atoms with Crippen molar-refractivity contribution >= 4 is 28.3 Å². The van der Waals surface area contributed by atoms with Gasteiger partial charge in [-0.05, 0) is 18.2 Å². The molecular formula is C9H7FN4OS. The van der Waals surface area contributed by atoms with Gasteiger partial charge in [0, 0.05) is 17.2 Å². The van der Waals surface area contributed by atoms with E-state index in [0.717, 1.165) is 11.5 Å². The summed E-state index contributed by atoms with van der Waals surface area (Å²) in [5.41, 5.74) is 0.384. The molecule has 0 unspecified atom stereocenters. The number of carbonyl (C=O) groups excluding carboxylic acids is 1. The van der Waals surface area contributed by atoms with E-state index in [2.05, 4.69) is 20.2 Å². The van der Waals surface area contributed by atoms with Gasteiger partial charge in [0.15, 0.2) is 0 Å². The lowest BCUT2D eigenvalue weighted by atomic mass is 10.3. The van der Waals surface area contributed by atoms with Gasteiger partial charge < -0.3 is 5.32 Å². The highest BCUT2D eigenvalue weighted by Gasteiger charge is 2.04. The second kappa shape index (κ2) is 4.67. The molecule has 2 rings (SSSR count). The predicted octanol–water partition coefficient (Wildman–Crippen LogP) is 2.32. The van der Waals surface area contributed by atoms with Gasteiger partial charge in [-0.3, -0.25) is 5.32 Å². The fourth-order valence-corrected chi connectivity index (χ4v) is 1.48. The lowest BCUT2D eigenvalue weighted by molar-refractivity contribution is 0.262. The van der Waals surface area contributed by atoms with Crippen LogP contribution in [0.4, 0.5) is 19.9 Å². The molecule has 0 radical (unpaired) electrons. The van der Waals surface area contributed by atoms with E-state index < -0.39 is 11.8 Å². The topological polar surface area (TPSA) is 66.9 Å². The molecule has 1 aromatic carbocycles. The van der Waals surface area contributed by atoms with E-state index in [9.17, 15) is 9.18 Å². The Labute approximate surface area is 94.5 Å². The Morgan fingerprint density at radius 3 is 2.94 bits per heavy atom. The molecule has 0 atom stereocenters. The molecule has 0 fully saturated rings. The fourth-order valence-electron chi connectivity index (χ4n) is 1.06. The van der Waals surface area contributed by atoms with Crippen LogP contribution in [0.2, 0.25) is 0 Å². The molecule has 0 aliphatic rings. The van der Waals surface area contributed by atoms with Gasteiger partial charge in [-0.25, -0.2) is 9.18 Å². The Morgan fingerprint density at radius 2 is 2.25 bits per heavy atom. The molecule has 0 aliphatic heterocycles. The standard InChI is InChI=1S/C9H7FN4OS/c10-6-2-1-3-7(4-6)12-9(15)13-8-5-11-14-16-8/h1-5H,(H2,12,13,15). The zero-order valence-corrected chi connectivity index (χ0v) is 8.79. The van der Waals surface area contributed by atoms with Gasteiger partial charge in [-0.1, -0.05) is 10.6 Å². The van der Waals surface area contributed by atoms with Gasteiger partial charge in [0.25, 0.3) is 0 Å². The molecule has 1 heterocycles. The SMILES string of the molecule is O=C(Nc1cccc(F)c1)Nc1cnns1. The van der Waals surface area contributed by atoms with Gasteiger partial charge in [-0.15, -0.1) is 5.10 Å². The summed E-state index contributed by atoms with van der Waals surface area (Å²) in [5.74, 6) is -0.405. The summed E-state index contributed by atoms with van der Waals surface area (Å²) in [7, 11) is 0. The van der Waals surface area contributed by atoms with Crippen LogP contribution in [0, 0.1) is 5.82 Å². The average molecular weight is 238 g/mol. The number of hydrogen-bond acceptors (Lipinski definition) is 4. The van der Waals surface area contributed by atoms with Crippen molar-refractivity contribution in [3.05, 3.63) is 36.3 Å². The van der Waals surface area contributed by atoms with Crippen molar-refractivity contribution in [1.82, 2.24) is 9.59 Å². The Hall–Kier alpha value is -2.02. The van der Waals surface area contributed by atoms with Crippen LogP contribution in [0.25, 0.3) is 0 Å². The number of amides is 2. The third-order valence-corrected chi connectivity index (χ3v) is 2.26. The van der Waals surface area contributed by atoms with E-state index in [1.165, 1.54) is 24.4 Å². The molecule has 1 aromatic heterocycles. The number of nitrogens with one attached hydrogen (secondary N) is 2.